The van der Waals surface area contributed by atoms with Gasteiger partial charge in [-0.2, -0.15) is 9.61 Å². The number of aromatic nitrogens is 4. The van der Waals surface area contributed by atoms with Crippen LogP contribution in [-0.4, -0.2) is 19.8 Å². The van der Waals surface area contributed by atoms with E-state index >= 15 is 0 Å². The monoisotopic (exact) mass is 334 g/mol. The first kappa shape index (κ1) is 14.7. The van der Waals surface area contributed by atoms with Crippen LogP contribution in [0.3, 0.4) is 0 Å². The summed E-state index contributed by atoms with van der Waals surface area (Å²) in [4.78, 5) is 13.2. The van der Waals surface area contributed by atoms with Gasteiger partial charge >= 0.3 is 5.56 Å². The van der Waals surface area contributed by atoms with E-state index in [0.29, 0.717) is 10.7 Å². The second-order valence-electron chi connectivity index (χ2n) is 5.62. The summed E-state index contributed by atoms with van der Waals surface area (Å²) in [5.74, 6) is 0. The minimum absolute atomic E-state index is 0.252. The highest BCUT2D eigenvalue weighted by molar-refractivity contribution is 7.19. The first-order valence-electron chi connectivity index (χ1n) is 7.53. The molecule has 0 bridgehead atoms. The maximum atomic E-state index is 12.7. The molecule has 0 aliphatic rings. The Labute approximate surface area is 142 Å². The minimum Gasteiger partial charge on any atom is -0.265 e. The van der Waals surface area contributed by atoms with E-state index in [-0.39, 0.29) is 5.56 Å². The molecule has 0 saturated carbocycles. The van der Waals surface area contributed by atoms with Crippen LogP contribution in [0.5, 0.6) is 0 Å². The third-order valence-electron chi connectivity index (χ3n) is 3.99. The maximum absolute atomic E-state index is 12.7. The summed E-state index contributed by atoms with van der Waals surface area (Å²) in [6, 6.07) is 15.5. The Morgan fingerprint density at radius 2 is 1.71 bits per heavy atom. The van der Waals surface area contributed by atoms with Crippen molar-refractivity contribution >= 4 is 16.3 Å². The molecule has 2 aromatic heterocycles. The topological polar surface area (TPSA) is 60.2 Å². The van der Waals surface area contributed by atoms with E-state index in [1.807, 2.05) is 36.4 Å². The second kappa shape index (κ2) is 5.65. The first-order valence-corrected chi connectivity index (χ1v) is 8.35. The van der Waals surface area contributed by atoms with Crippen molar-refractivity contribution in [1.29, 1.82) is 0 Å². The second-order valence-corrected chi connectivity index (χ2v) is 6.58. The largest absolute Gasteiger partial charge is 0.302 e. The first-order chi connectivity index (χ1) is 11.6. The van der Waals surface area contributed by atoms with Gasteiger partial charge in [0.05, 0.1) is 0 Å². The van der Waals surface area contributed by atoms with Gasteiger partial charge in [0, 0.05) is 11.1 Å². The van der Waals surface area contributed by atoms with E-state index in [0.717, 1.165) is 16.1 Å². The van der Waals surface area contributed by atoms with E-state index in [1.165, 1.54) is 27.0 Å². The molecule has 6 heteroatoms. The van der Waals surface area contributed by atoms with Crippen LogP contribution in [0.1, 0.15) is 11.1 Å². The standard InChI is InChI=1S/C18H14N4OS/c1-11-8-9-14(10-12(11)2)16-21-22-17(23)15(19-20-18(22)24-16)13-6-4-3-5-7-13/h3-10H,1-2H3. The lowest BCUT2D eigenvalue weighted by Gasteiger charge is -2.01. The van der Waals surface area contributed by atoms with E-state index < -0.39 is 0 Å². The summed E-state index contributed by atoms with van der Waals surface area (Å²) in [5.41, 5.74) is 4.19. The lowest BCUT2D eigenvalue weighted by atomic mass is 10.1. The minimum atomic E-state index is -0.252. The van der Waals surface area contributed by atoms with E-state index in [1.54, 1.807) is 0 Å². The van der Waals surface area contributed by atoms with Crippen molar-refractivity contribution in [3.05, 3.63) is 70.0 Å². The summed E-state index contributed by atoms with van der Waals surface area (Å²) >= 11 is 1.36. The molecule has 5 nitrogen and oxygen atoms in total. The fourth-order valence-corrected chi connectivity index (χ4v) is 3.32. The molecule has 2 aromatic carbocycles. The quantitative estimate of drug-likeness (QED) is 0.563. The van der Waals surface area contributed by atoms with Gasteiger partial charge < -0.3 is 0 Å². The highest BCUT2D eigenvalue weighted by atomic mass is 32.1. The Hall–Kier alpha value is -2.86. The van der Waals surface area contributed by atoms with Gasteiger partial charge in [0.15, 0.2) is 5.69 Å². The predicted molar refractivity (Wildman–Crippen MR) is 95.3 cm³/mol. The summed E-state index contributed by atoms with van der Waals surface area (Å²) in [5, 5.41) is 13.5. The molecule has 0 amide bonds. The SMILES string of the molecule is Cc1ccc(-c2nn3c(=O)c(-c4ccccc4)nnc3s2)cc1C. The number of hydrogen-bond donors (Lipinski definition) is 0. The fraction of sp³-hybridized carbons (Fsp3) is 0.111. The molecular formula is C18H14N4OS. The van der Waals surface area contributed by atoms with Crippen LogP contribution >= 0.6 is 11.3 Å². The molecule has 0 N–H and O–H groups in total. The molecule has 0 spiro atoms. The highest BCUT2D eigenvalue weighted by Gasteiger charge is 2.14. The molecule has 2 heterocycles. The predicted octanol–water partition coefficient (Wildman–Crippen LogP) is 3.50. The molecule has 0 aliphatic carbocycles. The van der Waals surface area contributed by atoms with Crippen LogP contribution in [0.2, 0.25) is 0 Å². The third kappa shape index (κ3) is 2.41. The average Bonchev–Trinajstić information content (AvgIpc) is 3.04. The van der Waals surface area contributed by atoms with E-state index in [2.05, 4.69) is 41.3 Å². The zero-order chi connectivity index (χ0) is 16.7. The van der Waals surface area contributed by atoms with Crippen molar-refractivity contribution in [2.24, 2.45) is 0 Å². The number of nitrogens with zero attached hydrogens (tertiary/aromatic N) is 4. The van der Waals surface area contributed by atoms with Crippen molar-refractivity contribution in [3.8, 4) is 21.8 Å². The third-order valence-corrected chi connectivity index (χ3v) is 4.94. The number of fused-ring (bicyclic) bond motifs is 1. The van der Waals surface area contributed by atoms with Crippen LogP contribution in [0.25, 0.3) is 26.8 Å². The molecule has 0 aliphatic heterocycles. The molecule has 24 heavy (non-hydrogen) atoms. The van der Waals surface area contributed by atoms with E-state index in [9.17, 15) is 4.79 Å². The molecule has 0 saturated heterocycles. The smallest absolute Gasteiger partial charge is 0.265 e. The average molecular weight is 334 g/mol. The molecule has 0 fully saturated rings. The Kier molecular flexibility index (Phi) is 3.46. The number of benzene rings is 2. The van der Waals surface area contributed by atoms with E-state index in [4.69, 9.17) is 0 Å². The summed E-state index contributed by atoms with van der Waals surface area (Å²) in [6.45, 7) is 4.13. The van der Waals surface area contributed by atoms with Gasteiger partial charge in [-0.3, -0.25) is 4.79 Å². The molecule has 0 unspecified atom stereocenters. The zero-order valence-electron chi connectivity index (χ0n) is 13.2. The Morgan fingerprint density at radius 1 is 0.917 bits per heavy atom. The normalized spacial score (nSPS) is 11.1. The lowest BCUT2D eigenvalue weighted by Crippen LogP contribution is -2.19. The van der Waals surface area contributed by atoms with Gasteiger partial charge in [-0.1, -0.05) is 53.8 Å². The molecule has 4 rings (SSSR count). The molecule has 0 radical (unpaired) electrons. The fourth-order valence-electron chi connectivity index (χ4n) is 2.48. The van der Waals surface area contributed by atoms with Gasteiger partial charge in [-0.05, 0) is 31.0 Å². The number of aryl methyl sites for hydroxylation is 2. The zero-order valence-corrected chi connectivity index (χ0v) is 14.0. The Morgan fingerprint density at radius 3 is 2.46 bits per heavy atom. The van der Waals surface area contributed by atoms with Gasteiger partial charge in [0.25, 0.3) is 0 Å². The number of rotatable bonds is 2. The highest BCUT2D eigenvalue weighted by Crippen LogP contribution is 2.26. The number of hydrogen-bond acceptors (Lipinski definition) is 5. The van der Waals surface area contributed by atoms with Crippen LogP contribution < -0.4 is 5.56 Å². The van der Waals surface area contributed by atoms with Crippen molar-refractivity contribution in [2.45, 2.75) is 13.8 Å². The Balaban J connectivity index is 1.88. The maximum Gasteiger partial charge on any atom is 0.302 e. The lowest BCUT2D eigenvalue weighted by molar-refractivity contribution is 0.862. The van der Waals surface area contributed by atoms with Gasteiger partial charge in [-0.25, -0.2) is 0 Å². The molecule has 118 valence electrons. The van der Waals surface area contributed by atoms with Gasteiger partial charge in [0.1, 0.15) is 5.01 Å². The van der Waals surface area contributed by atoms with Crippen LogP contribution in [0.15, 0.2) is 53.3 Å². The van der Waals surface area contributed by atoms with Crippen molar-refractivity contribution in [1.82, 2.24) is 19.8 Å². The Bertz CT molecular complexity index is 1100. The molecule has 0 atom stereocenters. The summed E-state index contributed by atoms with van der Waals surface area (Å²) in [6.07, 6.45) is 0. The van der Waals surface area contributed by atoms with Crippen LogP contribution in [-0.2, 0) is 0 Å². The molecule has 4 aromatic rings. The van der Waals surface area contributed by atoms with Gasteiger partial charge in [-0.15, -0.1) is 10.2 Å². The van der Waals surface area contributed by atoms with Gasteiger partial charge in [0.2, 0.25) is 4.96 Å². The van der Waals surface area contributed by atoms with Crippen molar-refractivity contribution < 1.29 is 0 Å². The van der Waals surface area contributed by atoms with Crippen molar-refractivity contribution in [2.75, 3.05) is 0 Å². The molecular weight excluding hydrogens is 320 g/mol. The van der Waals surface area contributed by atoms with Crippen LogP contribution in [0.4, 0.5) is 0 Å². The van der Waals surface area contributed by atoms with Crippen molar-refractivity contribution in [3.63, 3.8) is 0 Å². The summed E-state index contributed by atoms with van der Waals surface area (Å²) < 4.78 is 1.34. The summed E-state index contributed by atoms with van der Waals surface area (Å²) in [7, 11) is 0. The van der Waals surface area contributed by atoms with Crippen LogP contribution in [0, 0.1) is 13.8 Å².